The van der Waals surface area contributed by atoms with Crippen LogP contribution in [0.3, 0.4) is 0 Å². The number of carbonyl (C=O) groups is 2. The minimum Gasteiger partial charge on any atom is -0.477 e. The van der Waals surface area contributed by atoms with E-state index in [4.69, 9.17) is 16.3 Å². The molecule has 278 valence electrons. The fourth-order valence-corrected chi connectivity index (χ4v) is 7.55. The molecule has 51 heavy (non-hydrogen) atoms. The van der Waals surface area contributed by atoms with Crippen LogP contribution < -0.4 is 14.8 Å². The summed E-state index contributed by atoms with van der Waals surface area (Å²) in [6.45, 7) is 8.17. The monoisotopic (exact) mass is 755 g/mol. The SMILES string of the molecule is CC(C)C(CC[C@@H]1CN(C(=O)O)C(C)(C)C1)Nc1cccc(S(=O)(=O)NC(=O)c2ccc(-n3ccc(OCCC4(C(F)(F)F)CC4)n3)nc2Cl)n1. The molecule has 4 heterocycles. The van der Waals surface area contributed by atoms with Crippen molar-refractivity contribution in [3.05, 3.63) is 53.3 Å². The molecule has 0 radical (unpaired) electrons. The van der Waals surface area contributed by atoms with E-state index >= 15 is 0 Å². The molecular weight excluding hydrogens is 715 g/mol. The van der Waals surface area contributed by atoms with E-state index in [-0.39, 0.29) is 66.2 Å². The van der Waals surface area contributed by atoms with Gasteiger partial charge in [0.2, 0.25) is 5.88 Å². The number of hydrogen-bond acceptors (Lipinski definition) is 9. The van der Waals surface area contributed by atoms with Crippen LogP contribution in [0.15, 0.2) is 47.6 Å². The van der Waals surface area contributed by atoms with Gasteiger partial charge in [0.05, 0.1) is 17.6 Å². The number of rotatable bonds is 14. The summed E-state index contributed by atoms with van der Waals surface area (Å²) in [4.78, 5) is 34.5. The second-order valence-electron chi connectivity index (χ2n) is 14.1. The van der Waals surface area contributed by atoms with Crippen LogP contribution in [0, 0.1) is 17.3 Å². The van der Waals surface area contributed by atoms with E-state index in [9.17, 15) is 36.3 Å². The molecule has 13 nitrogen and oxygen atoms in total. The molecule has 2 fully saturated rings. The van der Waals surface area contributed by atoms with Crippen LogP contribution in [0.2, 0.25) is 5.15 Å². The lowest BCUT2D eigenvalue weighted by Crippen LogP contribution is -2.41. The van der Waals surface area contributed by atoms with Crippen molar-refractivity contribution in [3.8, 4) is 11.7 Å². The largest absolute Gasteiger partial charge is 0.477 e. The molecule has 1 unspecified atom stereocenters. The van der Waals surface area contributed by atoms with Crippen molar-refractivity contribution < 1.29 is 41.0 Å². The minimum atomic E-state index is -4.44. The van der Waals surface area contributed by atoms with Crippen LogP contribution in [-0.4, -0.2) is 81.1 Å². The van der Waals surface area contributed by atoms with Crippen LogP contribution in [0.1, 0.15) is 76.6 Å². The number of hydrogen-bond donors (Lipinski definition) is 3. The van der Waals surface area contributed by atoms with E-state index in [1.165, 1.54) is 46.1 Å². The summed E-state index contributed by atoms with van der Waals surface area (Å²) in [6.07, 6.45) is -1.55. The van der Waals surface area contributed by atoms with E-state index in [1.54, 1.807) is 6.07 Å². The van der Waals surface area contributed by atoms with Gasteiger partial charge in [-0.15, -0.1) is 5.10 Å². The summed E-state index contributed by atoms with van der Waals surface area (Å²) in [5.41, 5.74) is -2.37. The average molecular weight is 756 g/mol. The number of likely N-dealkylation sites (tertiary alicyclic amines) is 1. The van der Waals surface area contributed by atoms with Gasteiger partial charge in [-0.05, 0) is 88.5 Å². The van der Waals surface area contributed by atoms with E-state index in [1.807, 2.05) is 32.4 Å². The first-order valence-corrected chi connectivity index (χ1v) is 18.4. The molecule has 2 aliphatic rings. The Bertz CT molecular complexity index is 1870. The number of halogens is 4. The Morgan fingerprint density at radius 1 is 1.14 bits per heavy atom. The quantitative estimate of drug-likeness (QED) is 0.154. The summed E-state index contributed by atoms with van der Waals surface area (Å²) in [5, 5.41) is 16.3. The number of anilines is 1. The summed E-state index contributed by atoms with van der Waals surface area (Å²) < 4.78 is 74.6. The molecule has 5 rings (SSSR count). The number of ether oxygens (including phenoxy) is 1. The van der Waals surface area contributed by atoms with Gasteiger partial charge in [0.1, 0.15) is 11.0 Å². The molecular formula is C33H41ClF3N7O6S. The Balaban J connectivity index is 1.18. The zero-order valence-corrected chi connectivity index (χ0v) is 30.1. The third-order valence-electron chi connectivity index (χ3n) is 9.60. The molecule has 3 aromatic heterocycles. The molecule has 1 aliphatic carbocycles. The third-order valence-corrected chi connectivity index (χ3v) is 11.1. The third kappa shape index (κ3) is 8.86. The summed E-state index contributed by atoms with van der Waals surface area (Å²) in [7, 11) is -4.44. The topological polar surface area (TPSA) is 169 Å². The van der Waals surface area contributed by atoms with Crippen molar-refractivity contribution >= 4 is 39.4 Å². The highest BCUT2D eigenvalue weighted by atomic mass is 35.5. The van der Waals surface area contributed by atoms with Crippen molar-refractivity contribution in [2.75, 3.05) is 18.5 Å². The second kappa shape index (κ2) is 14.5. The van der Waals surface area contributed by atoms with Crippen molar-refractivity contribution in [3.63, 3.8) is 0 Å². The molecule has 3 aromatic rings. The normalized spacial score (nSPS) is 18.8. The molecule has 18 heteroatoms. The molecule has 1 aliphatic heterocycles. The lowest BCUT2D eigenvalue weighted by Gasteiger charge is -2.28. The van der Waals surface area contributed by atoms with Crippen LogP contribution in [0.4, 0.5) is 23.8 Å². The predicted molar refractivity (Wildman–Crippen MR) is 181 cm³/mol. The number of nitrogens with one attached hydrogen (secondary N) is 2. The van der Waals surface area contributed by atoms with Gasteiger partial charge in [-0.2, -0.15) is 21.6 Å². The van der Waals surface area contributed by atoms with Gasteiger partial charge in [-0.25, -0.2) is 24.2 Å². The Morgan fingerprint density at radius 2 is 1.86 bits per heavy atom. The van der Waals surface area contributed by atoms with E-state index in [0.29, 0.717) is 18.8 Å². The predicted octanol–water partition coefficient (Wildman–Crippen LogP) is 6.54. The maximum absolute atomic E-state index is 13.2. The molecule has 0 spiro atoms. The van der Waals surface area contributed by atoms with E-state index in [2.05, 4.69) is 20.4 Å². The number of carbonyl (C=O) groups excluding carboxylic acids is 1. The first-order chi connectivity index (χ1) is 23.8. The maximum Gasteiger partial charge on any atom is 0.407 e. The van der Waals surface area contributed by atoms with Crippen molar-refractivity contribution in [2.24, 2.45) is 17.3 Å². The zero-order valence-electron chi connectivity index (χ0n) is 28.6. The fourth-order valence-electron chi connectivity index (χ4n) is 6.38. The Hall–Kier alpha value is -4.12. The molecule has 2 amide bonds. The fraction of sp³-hybridized carbons (Fsp3) is 0.545. The number of pyridine rings is 2. The maximum atomic E-state index is 13.2. The van der Waals surface area contributed by atoms with Crippen molar-refractivity contribution in [1.29, 1.82) is 0 Å². The summed E-state index contributed by atoms with van der Waals surface area (Å²) in [6, 6.07) is 8.36. The highest BCUT2D eigenvalue weighted by Crippen LogP contribution is 2.59. The van der Waals surface area contributed by atoms with Crippen molar-refractivity contribution in [1.82, 2.24) is 29.4 Å². The van der Waals surface area contributed by atoms with Gasteiger partial charge in [-0.3, -0.25) is 4.79 Å². The number of alkyl halides is 3. The minimum absolute atomic E-state index is 0.0766. The zero-order chi connectivity index (χ0) is 37.4. The van der Waals surface area contributed by atoms with Crippen LogP contribution >= 0.6 is 11.6 Å². The Labute approximate surface area is 299 Å². The van der Waals surface area contributed by atoms with E-state index < -0.39 is 44.2 Å². The van der Waals surface area contributed by atoms with Crippen LogP contribution in [0.25, 0.3) is 5.82 Å². The molecule has 1 saturated heterocycles. The number of nitrogens with zero attached hydrogens (tertiary/aromatic N) is 5. The van der Waals surface area contributed by atoms with Crippen LogP contribution in [0.5, 0.6) is 5.88 Å². The summed E-state index contributed by atoms with van der Waals surface area (Å²) >= 11 is 6.26. The molecule has 0 bridgehead atoms. The van der Waals surface area contributed by atoms with Gasteiger partial charge in [-0.1, -0.05) is 31.5 Å². The highest BCUT2D eigenvalue weighted by molar-refractivity contribution is 7.90. The second-order valence-corrected chi connectivity index (χ2v) is 16.1. The smallest absolute Gasteiger partial charge is 0.407 e. The Kier molecular flexibility index (Phi) is 10.8. The highest BCUT2D eigenvalue weighted by Gasteiger charge is 2.62. The molecule has 1 saturated carbocycles. The lowest BCUT2D eigenvalue weighted by molar-refractivity contribution is -0.190. The van der Waals surface area contributed by atoms with Gasteiger partial charge < -0.3 is 20.1 Å². The van der Waals surface area contributed by atoms with Gasteiger partial charge in [0.25, 0.3) is 15.9 Å². The molecule has 2 atom stereocenters. The molecule has 0 aromatic carbocycles. The standard InChI is InChI=1S/C33H41ClF3N7O6S/c1-20(2)23(10-8-21-18-31(3,4)43(19-21)30(46)47)38-24-6-5-7-27(39-24)51(48,49)42-29(45)22-9-11-25(40-28(22)34)44-16-12-26(41-44)50-17-15-32(13-14-32)33(35,36)37/h5-7,9,11-12,16,20-21,23H,8,10,13-15,17-19H2,1-4H3,(H,38,39)(H,42,45)(H,46,47)/t21-,23?/m0/s1. The van der Waals surface area contributed by atoms with Gasteiger partial charge in [0, 0.05) is 30.4 Å². The van der Waals surface area contributed by atoms with E-state index in [0.717, 1.165) is 12.8 Å². The van der Waals surface area contributed by atoms with Gasteiger partial charge in [0.15, 0.2) is 10.8 Å². The Morgan fingerprint density at radius 3 is 2.47 bits per heavy atom. The first kappa shape index (κ1) is 38.1. The number of sulfonamides is 1. The van der Waals surface area contributed by atoms with Crippen LogP contribution in [-0.2, 0) is 10.0 Å². The number of amides is 2. The average Bonchev–Trinajstić information content (AvgIpc) is 3.58. The number of aromatic nitrogens is 4. The summed E-state index contributed by atoms with van der Waals surface area (Å²) in [5.74, 6) is -0.186. The number of carboxylic acid groups (broad SMARTS) is 1. The van der Waals surface area contributed by atoms with Gasteiger partial charge >= 0.3 is 12.3 Å². The lowest BCUT2D eigenvalue weighted by atomic mass is 9.89. The molecule has 3 N–H and O–H groups in total. The van der Waals surface area contributed by atoms with Crippen molar-refractivity contribution in [2.45, 2.75) is 89.0 Å². The first-order valence-electron chi connectivity index (χ1n) is 16.5.